The highest BCUT2D eigenvalue weighted by Gasteiger charge is 2.08. The zero-order valence-electron chi connectivity index (χ0n) is 11.7. The SMILES string of the molecule is C=C/C=C(/OCC)C(=C)N(C)CCN(C)CC. The van der Waals surface area contributed by atoms with Gasteiger partial charge in [-0.2, -0.15) is 0 Å². The molecule has 98 valence electrons. The molecule has 0 radical (unpaired) electrons. The lowest BCUT2D eigenvalue weighted by molar-refractivity contribution is 0.213. The van der Waals surface area contributed by atoms with Gasteiger partial charge in [0.1, 0.15) is 5.76 Å². The molecule has 0 aliphatic carbocycles. The molecular formula is C14H26N2O. The average Bonchev–Trinajstić information content (AvgIpc) is 2.34. The second-order valence-electron chi connectivity index (χ2n) is 3.96. The Kier molecular flexibility index (Phi) is 8.24. The van der Waals surface area contributed by atoms with Crippen molar-refractivity contribution in [2.45, 2.75) is 13.8 Å². The number of hydrogen-bond donors (Lipinski definition) is 0. The Labute approximate surface area is 106 Å². The van der Waals surface area contributed by atoms with Crippen LogP contribution in [-0.2, 0) is 4.74 Å². The van der Waals surface area contributed by atoms with Crippen LogP contribution in [0.1, 0.15) is 13.8 Å². The Bertz CT molecular complexity index is 271. The third-order valence-corrected chi connectivity index (χ3v) is 2.67. The number of hydrogen-bond acceptors (Lipinski definition) is 3. The molecule has 0 spiro atoms. The van der Waals surface area contributed by atoms with Crippen LogP contribution >= 0.6 is 0 Å². The van der Waals surface area contributed by atoms with E-state index in [1.54, 1.807) is 6.08 Å². The molecule has 3 heteroatoms. The summed E-state index contributed by atoms with van der Waals surface area (Å²) in [5.41, 5.74) is 0.899. The Morgan fingerprint density at radius 3 is 2.35 bits per heavy atom. The average molecular weight is 238 g/mol. The summed E-state index contributed by atoms with van der Waals surface area (Å²) in [4.78, 5) is 4.37. The third-order valence-electron chi connectivity index (χ3n) is 2.67. The molecule has 0 amide bonds. The fourth-order valence-corrected chi connectivity index (χ4v) is 1.29. The van der Waals surface area contributed by atoms with Crippen molar-refractivity contribution >= 4 is 0 Å². The molecule has 0 saturated heterocycles. The van der Waals surface area contributed by atoms with E-state index < -0.39 is 0 Å². The van der Waals surface area contributed by atoms with E-state index in [2.05, 4.69) is 36.9 Å². The number of nitrogens with zero attached hydrogens (tertiary/aromatic N) is 2. The van der Waals surface area contributed by atoms with Gasteiger partial charge in [0.25, 0.3) is 0 Å². The van der Waals surface area contributed by atoms with Crippen LogP contribution in [0.5, 0.6) is 0 Å². The zero-order chi connectivity index (χ0) is 13.3. The molecule has 0 N–H and O–H groups in total. The van der Waals surface area contributed by atoms with Gasteiger partial charge in [0, 0.05) is 20.1 Å². The Morgan fingerprint density at radius 1 is 1.24 bits per heavy atom. The van der Waals surface area contributed by atoms with E-state index in [1.165, 1.54) is 0 Å². The van der Waals surface area contributed by atoms with Crippen LogP contribution in [0.25, 0.3) is 0 Å². The first-order valence-corrected chi connectivity index (χ1v) is 6.11. The van der Waals surface area contributed by atoms with Gasteiger partial charge in [-0.3, -0.25) is 0 Å². The van der Waals surface area contributed by atoms with E-state index in [0.29, 0.717) is 6.61 Å². The molecule has 0 aromatic heterocycles. The molecule has 0 aliphatic heterocycles. The fourth-order valence-electron chi connectivity index (χ4n) is 1.29. The summed E-state index contributed by atoms with van der Waals surface area (Å²) in [6.45, 7) is 15.5. The maximum atomic E-state index is 5.53. The maximum Gasteiger partial charge on any atom is 0.141 e. The molecule has 0 rings (SSSR count). The minimum Gasteiger partial charge on any atom is -0.492 e. The Balaban J connectivity index is 4.35. The molecule has 3 nitrogen and oxygen atoms in total. The molecule has 0 aromatic carbocycles. The van der Waals surface area contributed by atoms with Crippen molar-refractivity contribution in [3.05, 3.63) is 36.8 Å². The number of likely N-dealkylation sites (N-methyl/N-ethyl adjacent to an activating group) is 2. The summed E-state index contributed by atoms with van der Waals surface area (Å²) < 4.78 is 5.53. The van der Waals surface area contributed by atoms with Crippen LogP contribution in [0, 0.1) is 0 Å². The molecule has 0 atom stereocenters. The molecule has 0 saturated carbocycles. The highest BCUT2D eigenvalue weighted by Crippen LogP contribution is 2.13. The van der Waals surface area contributed by atoms with E-state index in [0.717, 1.165) is 31.1 Å². The number of rotatable bonds is 9. The summed E-state index contributed by atoms with van der Waals surface area (Å²) >= 11 is 0. The zero-order valence-corrected chi connectivity index (χ0v) is 11.7. The topological polar surface area (TPSA) is 15.7 Å². The second-order valence-corrected chi connectivity index (χ2v) is 3.96. The van der Waals surface area contributed by atoms with E-state index in [-0.39, 0.29) is 0 Å². The molecule has 0 bridgehead atoms. The summed E-state index contributed by atoms with van der Waals surface area (Å²) in [5.74, 6) is 0.796. The van der Waals surface area contributed by atoms with Gasteiger partial charge < -0.3 is 14.5 Å². The lowest BCUT2D eigenvalue weighted by Crippen LogP contribution is -2.30. The highest BCUT2D eigenvalue weighted by molar-refractivity contribution is 5.24. The van der Waals surface area contributed by atoms with Crippen LogP contribution in [-0.4, -0.2) is 50.1 Å². The summed E-state index contributed by atoms with van der Waals surface area (Å²) in [6.07, 6.45) is 3.58. The van der Waals surface area contributed by atoms with Gasteiger partial charge in [-0.1, -0.05) is 26.2 Å². The van der Waals surface area contributed by atoms with Crippen molar-refractivity contribution in [1.29, 1.82) is 0 Å². The van der Waals surface area contributed by atoms with Crippen LogP contribution < -0.4 is 0 Å². The van der Waals surface area contributed by atoms with Gasteiger partial charge in [0.2, 0.25) is 0 Å². The van der Waals surface area contributed by atoms with Gasteiger partial charge in [0.05, 0.1) is 12.3 Å². The molecular weight excluding hydrogens is 212 g/mol. The fraction of sp³-hybridized carbons (Fsp3) is 0.571. The monoisotopic (exact) mass is 238 g/mol. The quantitative estimate of drug-likeness (QED) is 0.453. The van der Waals surface area contributed by atoms with Crippen LogP contribution in [0.3, 0.4) is 0 Å². The Hall–Kier alpha value is -1.22. The van der Waals surface area contributed by atoms with Gasteiger partial charge in [-0.05, 0) is 26.6 Å². The third kappa shape index (κ3) is 6.17. The molecule has 0 heterocycles. The van der Waals surface area contributed by atoms with Crippen molar-refractivity contribution in [2.24, 2.45) is 0 Å². The molecule has 0 fully saturated rings. The standard InChI is InChI=1S/C14H26N2O/c1-7-10-14(17-9-3)13(4)16(6)12-11-15(5)8-2/h7,10H,1,4,8-9,11-12H2,2-3,5-6H3/b14-10+. The predicted octanol–water partition coefficient (Wildman–Crippen LogP) is 2.49. The largest absolute Gasteiger partial charge is 0.492 e. The maximum absolute atomic E-state index is 5.53. The van der Waals surface area contributed by atoms with Crippen LogP contribution in [0.2, 0.25) is 0 Å². The molecule has 0 aliphatic rings. The summed E-state index contributed by atoms with van der Waals surface area (Å²) in [7, 11) is 4.14. The first-order chi connectivity index (χ1) is 8.06. The van der Waals surface area contributed by atoms with Gasteiger partial charge in [-0.25, -0.2) is 0 Å². The lowest BCUT2D eigenvalue weighted by atomic mass is 10.3. The van der Waals surface area contributed by atoms with Gasteiger partial charge in [-0.15, -0.1) is 0 Å². The number of ether oxygens (including phenoxy) is 1. The number of allylic oxidation sites excluding steroid dienone is 2. The minimum atomic E-state index is 0.640. The van der Waals surface area contributed by atoms with Crippen LogP contribution in [0.4, 0.5) is 0 Å². The second kappa shape index (κ2) is 8.88. The lowest BCUT2D eigenvalue weighted by Gasteiger charge is -2.25. The summed E-state index contributed by atoms with van der Waals surface area (Å²) in [6, 6.07) is 0. The predicted molar refractivity (Wildman–Crippen MR) is 74.8 cm³/mol. The van der Waals surface area contributed by atoms with Gasteiger partial charge >= 0.3 is 0 Å². The van der Waals surface area contributed by atoms with Crippen molar-refractivity contribution in [3.8, 4) is 0 Å². The minimum absolute atomic E-state index is 0.640. The molecule has 17 heavy (non-hydrogen) atoms. The summed E-state index contributed by atoms with van der Waals surface area (Å²) in [5, 5.41) is 0. The van der Waals surface area contributed by atoms with Crippen molar-refractivity contribution in [3.63, 3.8) is 0 Å². The first kappa shape index (κ1) is 15.8. The van der Waals surface area contributed by atoms with E-state index in [9.17, 15) is 0 Å². The Morgan fingerprint density at radius 2 is 1.88 bits per heavy atom. The van der Waals surface area contributed by atoms with Crippen LogP contribution in [0.15, 0.2) is 36.8 Å². The highest BCUT2D eigenvalue weighted by atomic mass is 16.5. The van der Waals surface area contributed by atoms with E-state index in [4.69, 9.17) is 4.74 Å². The van der Waals surface area contributed by atoms with Crippen molar-refractivity contribution < 1.29 is 4.74 Å². The van der Waals surface area contributed by atoms with Crippen molar-refractivity contribution in [2.75, 3.05) is 40.3 Å². The van der Waals surface area contributed by atoms with E-state index in [1.807, 2.05) is 20.0 Å². The molecule has 0 aromatic rings. The van der Waals surface area contributed by atoms with Crippen molar-refractivity contribution in [1.82, 2.24) is 9.80 Å². The molecule has 0 unspecified atom stereocenters. The smallest absolute Gasteiger partial charge is 0.141 e. The van der Waals surface area contributed by atoms with E-state index >= 15 is 0 Å². The normalized spacial score (nSPS) is 11.5. The first-order valence-electron chi connectivity index (χ1n) is 6.11. The van der Waals surface area contributed by atoms with Gasteiger partial charge in [0.15, 0.2) is 0 Å².